The van der Waals surface area contributed by atoms with Crippen LogP contribution in [0.2, 0.25) is 0 Å². The fourth-order valence-electron chi connectivity index (χ4n) is 2.22. The average Bonchev–Trinajstić information content (AvgIpc) is 2.02. The Morgan fingerprint density at radius 3 is 2.43 bits per heavy atom. The van der Waals surface area contributed by atoms with E-state index in [4.69, 9.17) is 10.8 Å². The van der Waals surface area contributed by atoms with Gasteiger partial charge in [0.1, 0.15) is 0 Å². The van der Waals surface area contributed by atoms with Gasteiger partial charge in [-0.25, -0.2) is 0 Å². The molecule has 0 unspecified atom stereocenters. The zero-order valence-corrected chi connectivity index (χ0v) is 9.12. The summed E-state index contributed by atoms with van der Waals surface area (Å²) in [7, 11) is 0. The van der Waals surface area contributed by atoms with Crippen molar-refractivity contribution in [2.75, 3.05) is 0 Å². The Morgan fingerprint density at radius 1 is 1.50 bits per heavy atom. The summed E-state index contributed by atoms with van der Waals surface area (Å²) in [6.07, 6.45) is 4.63. The van der Waals surface area contributed by atoms with Crippen LogP contribution in [0.1, 0.15) is 46.0 Å². The summed E-state index contributed by atoms with van der Waals surface area (Å²) in [5.41, 5.74) is 6.29. The molecule has 1 rings (SSSR count). The lowest BCUT2D eigenvalue weighted by atomic mass is 9.71. The number of aliphatic carboxylic acids is 1. The van der Waals surface area contributed by atoms with E-state index >= 15 is 0 Å². The van der Waals surface area contributed by atoms with Crippen LogP contribution in [0.4, 0.5) is 0 Å². The van der Waals surface area contributed by atoms with Crippen LogP contribution in [0.25, 0.3) is 0 Å². The van der Waals surface area contributed by atoms with Gasteiger partial charge in [0.25, 0.3) is 0 Å². The number of hydrogen-bond donors (Lipinski definition) is 2. The molecule has 1 aliphatic rings. The van der Waals surface area contributed by atoms with Crippen molar-refractivity contribution in [1.82, 2.24) is 0 Å². The van der Waals surface area contributed by atoms with Crippen molar-refractivity contribution in [2.24, 2.45) is 17.1 Å². The first kappa shape index (κ1) is 11.5. The van der Waals surface area contributed by atoms with Crippen molar-refractivity contribution in [3.63, 3.8) is 0 Å². The molecule has 0 bridgehead atoms. The van der Waals surface area contributed by atoms with Crippen molar-refractivity contribution in [2.45, 2.75) is 52.0 Å². The third-order valence-electron chi connectivity index (χ3n) is 3.40. The van der Waals surface area contributed by atoms with E-state index in [1.807, 2.05) is 0 Å². The first-order valence-electron chi connectivity index (χ1n) is 5.38. The zero-order chi connectivity index (χ0) is 10.8. The number of carboxylic acid groups (broad SMARTS) is 1. The van der Waals surface area contributed by atoms with Crippen molar-refractivity contribution in [3.05, 3.63) is 0 Å². The molecular weight excluding hydrogens is 178 g/mol. The van der Waals surface area contributed by atoms with Gasteiger partial charge >= 0.3 is 5.97 Å². The largest absolute Gasteiger partial charge is 0.481 e. The Hall–Kier alpha value is -0.570. The molecular formula is C11H21NO2. The molecule has 1 saturated carbocycles. The highest BCUT2D eigenvalue weighted by molar-refractivity contribution is 5.67. The molecule has 1 atom stereocenters. The van der Waals surface area contributed by atoms with E-state index in [1.54, 1.807) is 0 Å². The molecule has 0 amide bonds. The van der Waals surface area contributed by atoms with Crippen molar-refractivity contribution in [1.29, 1.82) is 0 Å². The van der Waals surface area contributed by atoms with E-state index in [0.717, 1.165) is 12.8 Å². The van der Waals surface area contributed by atoms with Crippen LogP contribution >= 0.6 is 0 Å². The lowest BCUT2D eigenvalue weighted by molar-refractivity contribution is -0.137. The summed E-state index contributed by atoms with van der Waals surface area (Å²) in [5.74, 6) is -0.360. The van der Waals surface area contributed by atoms with Gasteiger partial charge in [0.05, 0.1) is 6.42 Å². The minimum Gasteiger partial charge on any atom is -0.481 e. The van der Waals surface area contributed by atoms with Crippen LogP contribution in [0.3, 0.4) is 0 Å². The maximum absolute atomic E-state index is 10.5. The number of nitrogens with two attached hydrogens (primary N) is 1. The molecule has 82 valence electrons. The van der Waals surface area contributed by atoms with Crippen LogP contribution in [0, 0.1) is 11.3 Å². The van der Waals surface area contributed by atoms with Gasteiger partial charge in [-0.3, -0.25) is 4.79 Å². The number of carbonyl (C=O) groups is 1. The molecule has 0 heterocycles. The summed E-state index contributed by atoms with van der Waals surface area (Å²) in [5, 5.41) is 8.64. The third kappa shape index (κ3) is 3.29. The van der Waals surface area contributed by atoms with E-state index in [1.165, 1.54) is 12.8 Å². The van der Waals surface area contributed by atoms with E-state index in [2.05, 4.69) is 13.8 Å². The lowest BCUT2D eigenvalue weighted by Gasteiger charge is -2.36. The van der Waals surface area contributed by atoms with Crippen LogP contribution in [0.15, 0.2) is 0 Å². The highest BCUT2D eigenvalue weighted by Crippen LogP contribution is 2.39. The smallest absolute Gasteiger partial charge is 0.304 e. The molecule has 0 aliphatic heterocycles. The minimum atomic E-state index is -0.776. The van der Waals surface area contributed by atoms with Gasteiger partial charge in [0, 0.05) is 6.04 Å². The van der Waals surface area contributed by atoms with E-state index in [-0.39, 0.29) is 12.5 Å². The van der Waals surface area contributed by atoms with Crippen molar-refractivity contribution in [3.8, 4) is 0 Å². The summed E-state index contributed by atoms with van der Waals surface area (Å²) < 4.78 is 0. The Bertz CT molecular complexity index is 203. The summed E-state index contributed by atoms with van der Waals surface area (Å²) in [6, 6.07) is -0.149. The van der Waals surface area contributed by atoms with Gasteiger partial charge in [-0.15, -0.1) is 0 Å². The van der Waals surface area contributed by atoms with E-state index in [9.17, 15) is 4.79 Å². The molecule has 3 N–H and O–H groups in total. The highest BCUT2D eigenvalue weighted by Gasteiger charge is 2.30. The van der Waals surface area contributed by atoms with Gasteiger partial charge in [0.15, 0.2) is 0 Å². The van der Waals surface area contributed by atoms with Crippen LogP contribution < -0.4 is 5.73 Å². The monoisotopic (exact) mass is 199 g/mol. The first-order chi connectivity index (χ1) is 6.41. The lowest BCUT2D eigenvalue weighted by Crippen LogP contribution is -2.36. The van der Waals surface area contributed by atoms with Crippen molar-refractivity contribution >= 4 is 5.97 Å². The quantitative estimate of drug-likeness (QED) is 0.730. The Balaban J connectivity index is 2.37. The van der Waals surface area contributed by atoms with Gasteiger partial charge in [0.2, 0.25) is 0 Å². The minimum absolute atomic E-state index is 0.116. The Kier molecular flexibility index (Phi) is 3.53. The Morgan fingerprint density at radius 2 is 2.00 bits per heavy atom. The topological polar surface area (TPSA) is 63.3 Å². The zero-order valence-electron chi connectivity index (χ0n) is 9.12. The van der Waals surface area contributed by atoms with E-state index in [0.29, 0.717) is 11.3 Å². The molecule has 0 saturated heterocycles. The molecule has 3 heteroatoms. The normalized spacial score (nSPS) is 24.5. The second-order valence-electron chi connectivity index (χ2n) is 5.26. The van der Waals surface area contributed by atoms with Crippen LogP contribution in [-0.2, 0) is 4.79 Å². The number of carboxylic acids is 1. The van der Waals surface area contributed by atoms with Gasteiger partial charge in [-0.05, 0) is 37.0 Å². The second kappa shape index (κ2) is 4.30. The number of hydrogen-bond acceptors (Lipinski definition) is 2. The molecule has 0 radical (unpaired) electrons. The fourth-order valence-corrected chi connectivity index (χ4v) is 2.22. The first-order valence-corrected chi connectivity index (χ1v) is 5.38. The highest BCUT2D eigenvalue weighted by atomic mass is 16.4. The maximum Gasteiger partial charge on any atom is 0.304 e. The summed E-state index contributed by atoms with van der Waals surface area (Å²) in [4.78, 5) is 10.5. The molecule has 1 aliphatic carbocycles. The molecule has 14 heavy (non-hydrogen) atoms. The van der Waals surface area contributed by atoms with Gasteiger partial charge in [-0.1, -0.05) is 13.8 Å². The standard InChI is InChI=1S/C11H21NO2/c1-11(2)5-3-8(4-6-11)9(12)7-10(13)14/h8-9H,3-7,12H2,1-2H3,(H,13,14)/t9-/m0/s1. The molecule has 0 aromatic rings. The second-order valence-corrected chi connectivity index (χ2v) is 5.26. The predicted molar refractivity (Wildman–Crippen MR) is 56.0 cm³/mol. The third-order valence-corrected chi connectivity index (χ3v) is 3.40. The summed E-state index contributed by atoms with van der Waals surface area (Å²) >= 11 is 0. The fraction of sp³-hybridized carbons (Fsp3) is 0.909. The molecule has 3 nitrogen and oxygen atoms in total. The van der Waals surface area contributed by atoms with E-state index < -0.39 is 5.97 Å². The molecule has 0 aromatic carbocycles. The average molecular weight is 199 g/mol. The molecule has 0 aromatic heterocycles. The maximum atomic E-state index is 10.5. The predicted octanol–water partition coefficient (Wildman–Crippen LogP) is 2.00. The van der Waals surface area contributed by atoms with Gasteiger partial charge < -0.3 is 10.8 Å². The van der Waals surface area contributed by atoms with Crippen LogP contribution in [-0.4, -0.2) is 17.1 Å². The summed E-state index contributed by atoms with van der Waals surface area (Å²) in [6.45, 7) is 4.54. The Labute approximate surface area is 85.7 Å². The van der Waals surface area contributed by atoms with Gasteiger partial charge in [-0.2, -0.15) is 0 Å². The number of rotatable bonds is 3. The molecule has 1 fully saturated rings. The van der Waals surface area contributed by atoms with Crippen molar-refractivity contribution < 1.29 is 9.90 Å². The molecule has 0 spiro atoms. The SMILES string of the molecule is CC1(C)CCC([C@@H](N)CC(=O)O)CC1. The van der Waals surface area contributed by atoms with Crippen LogP contribution in [0.5, 0.6) is 0 Å².